The molecule has 3 N–H and O–H groups in total. The molecular formula is C30H42N3O7S+. The van der Waals surface area contributed by atoms with Gasteiger partial charge in [-0.15, -0.1) is 0 Å². The molecule has 1 aliphatic heterocycles. The molecule has 1 aliphatic rings. The van der Waals surface area contributed by atoms with E-state index in [4.69, 9.17) is 0 Å². The number of aryl methyl sites for hydroxylation is 1. The van der Waals surface area contributed by atoms with Crippen LogP contribution in [0.15, 0.2) is 59.5 Å². The van der Waals surface area contributed by atoms with Gasteiger partial charge >= 0.3 is 0 Å². The van der Waals surface area contributed by atoms with Crippen LogP contribution in [-0.2, 0) is 37.4 Å². The normalized spacial score (nSPS) is 16.6. The highest BCUT2D eigenvalue weighted by Crippen LogP contribution is 2.23. The van der Waals surface area contributed by atoms with Crippen LogP contribution in [0.25, 0.3) is 0 Å². The summed E-state index contributed by atoms with van der Waals surface area (Å²) in [5.74, 6) is -1.94. The van der Waals surface area contributed by atoms with Crippen LogP contribution in [0.3, 0.4) is 0 Å². The number of piperazine rings is 1. The Balaban J connectivity index is 1.45. The highest BCUT2D eigenvalue weighted by atomic mass is 32.2. The number of rotatable bonds is 14. The fourth-order valence-corrected chi connectivity index (χ4v) is 6.13. The minimum atomic E-state index is -3.65. The highest BCUT2D eigenvalue weighted by Gasteiger charge is 2.35. The second kappa shape index (κ2) is 13.8. The van der Waals surface area contributed by atoms with Crippen molar-refractivity contribution in [3.8, 4) is 0 Å². The van der Waals surface area contributed by atoms with Gasteiger partial charge in [0.05, 0.1) is 44.7 Å². The van der Waals surface area contributed by atoms with Gasteiger partial charge in [0.2, 0.25) is 15.9 Å². The number of Topliss-reactive ketones (excluding diaryl/α,β-unsaturated/α-hetero) is 2. The molecule has 0 bridgehead atoms. The summed E-state index contributed by atoms with van der Waals surface area (Å²) in [7, 11) is -1.49. The number of nitrogens with one attached hydrogen (secondary N) is 1. The van der Waals surface area contributed by atoms with Crippen LogP contribution in [0.5, 0.6) is 0 Å². The number of carbonyl (C=O) groups excluding carboxylic acids is 3. The van der Waals surface area contributed by atoms with Crippen LogP contribution in [-0.4, -0.2) is 97.4 Å². The zero-order chi connectivity index (χ0) is 30.3. The number of carbonyl (C=O) groups is 3. The Kier molecular flexibility index (Phi) is 11.0. The Morgan fingerprint density at radius 3 is 2.12 bits per heavy atom. The van der Waals surface area contributed by atoms with E-state index in [0.29, 0.717) is 26.2 Å². The number of amides is 1. The highest BCUT2D eigenvalue weighted by molar-refractivity contribution is 7.89. The Hall–Kier alpha value is -2.96. The largest absolute Gasteiger partial charge is 0.396 e. The predicted molar refractivity (Wildman–Crippen MR) is 154 cm³/mol. The first-order chi connectivity index (χ1) is 19.3. The van der Waals surface area contributed by atoms with Crippen molar-refractivity contribution >= 4 is 27.5 Å². The zero-order valence-corrected chi connectivity index (χ0v) is 24.9. The molecule has 0 aromatic heterocycles. The average Bonchev–Trinajstić information content (AvgIpc) is 2.96. The molecule has 2 aromatic rings. The van der Waals surface area contributed by atoms with Crippen molar-refractivity contribution in [2.24, 2.45) is 5.41 Å². The smallest absolute Gasteiger partial charge is 0.249 e. The van der Waals surface area contributed by atoms with Crippen molar-refractivity contribution in [2.45, 2.75) is 50.7 Å². The fraction of sp³-hybridized carbons (Fsp3) is 0.500. The van der Waals surface area contributed by atoms with Gasteiger partial charge in [-0.3, -0.25) is 14.4 Å². The summed E-state index contributed by atoms with van der Waals surface area (Å²) in [6, 6.07) is 16.6. The van der Waals surface area contributed by atoms with E-state index in [2.05, 4.69) is 24.5 Å². The zero-order valence-electron chi connectivity index (χ0n) is 24.1. The Bertz CT molecular complexity index is 1300. The van der Waals surface area contributed by atoms with Crippen molar-refractivity contribution in [2.75, 3.05) is 46.4 Å². The van der Waals surface area contributed by atoms with Crippen molar-refractivity contribution in [3.05, 3.63) is 65.7 Å². The number of likely N-dealkylation sites (N-methyl/N-ethyl adjacent to an activating group) is 1. The standard InChI is InChI=1S/C30H41N3O7S/c1-30(2,22-34)28(37)29(38)31-16-15-27(36)26(35)14-11-23-9-12-25(13-10-23)41(39,40)32-17-19-33(3,20-18-32)21-24-7-5-4-6-8-24/h4-10,12-13,28,34,37H,11,14-22H2,1-3H3/p+1/t28-/m0/s1. The molecule has 224 valence electrons. The maximum absolute atomic E-state index is 13.2. The van der Waals surface area contributed by atoms with Gasteiger partial charge in [-0.05, 0) is 24.1 Å². The maximum atomic E-state index is 13.2. The number of hydrogen-bond donors (Lipinski definition) is 3. The summed E-state index contributed by atoms with van der Waals surface area (Å²) in [5.41, 5.74) is 0.932. The van der Waals surface area contributed by atoms with Crippen molar-refractivity contribution < 1.29 is 37.5 Å². The monoisotopic (exact) mass is 588 g/mol. The quantitative estimate of drug-likeness (QED) is 0.223. The van der Waals surface area contributed by atoms with Crippen LogP contribution < -0.4 is 5.32 Å². The first kappa shape index (κ1) is 32.6. The molecule has 1 amide bonds. The molecule has 1 fully saturated rings. The molecule has 41 heavy (non-hydrogen) atoms. The van der Waals surface area contributed by atoms with Crippen LogP contribution in [0.1, 0.15) is 37.8 Å². The Morgan fingerprint density at radius 1 is 0.951 bits per heavy atom. The third kappa shape index (κ3) is 8.76. The number of benzene rings is 2. The summed E-state index contributed by atoms with van der Waals surface area (Å²) in [4.78, 5) is 36.7. The molecular weight excluding hydrogens is 546 g/mol. The molecule has 1 atom stereocenters. The summed E-state index contributed by atoms with van der Waals surface area (Å²) >= 11 is 0. The minimum Gasteiger partial charge on any atom is -0.396 e. The second-order valence-corrected chi connectivity index (χ2v) is 13.6. The number of aliphatic hydroxyl groups is 2. The summed E-state index contributed by atoms with van der Waals surface area (Å²) in [6.45, 7) is 5.72. The third-order valence-corrected chi connectivity index (χ3v) is 9.66. The van der Waals surface area contributed by atoms with E-state index < -0.39 is 45.6 Å². The van der Waals surface area contributed by atoms with Crippen molar-refractivity contribution in [1.29, 1.82) is 0 Å². The van der Waals surface area contributed by atoms with Gasteiger partial charge in [-0.2, -0.15) is 4.31 Å². The van der Waals surface area contributed by atoms with E-state index in [1.54, 1.807) is 12.1 Å². The van der Waals surface area contributed by atoms with Gasteiger partial charge in [0, 0.05) is 30.4 Å². The van der Waals surface area contributed by atoms with Crippen LogP contribution in [0.4, 0.5) is 0 Å². The summed E-state index contributed by atoms with van der Waals surface area (Å²) < 4.78 is 28.8. The van der Waals surface area contributed by atoms with Gasteiger partial charge in [-0.25, -0.2) is 8.42 Å². The van der Waals surface area contributed by atoms with E-state index in [1.165, 1.54) is 35.8 Å². The van der Waals surface area contributed by atoms with Crippen LogP contribution in [0, 0.1) is 5.41 Å². The van der Waals surface area contributed by atoms with E-state index >= 15 is 0 Å². The number of nitrogens with zero attached hydrogens (tertiary/aromatic N) is 2. The lowest BCUT2D eigenvalue weighted by atomic mass is 9.87. The lowest BCUT2D eigenvalue weighted by Gasteiger charge is -2.41. The van der Waals surface area contributed by atoms with Crippen LogP contribution in [0.2, 0.25) is 0 Å². The number of aliphatic hydroxyl groups excluding tert-OH is 2. The van der Waals surface area contributed by atoms with Gasteiger partial charge in [-0.1, -0.05) is 56.3 Å². The Morgan fingerprint density at radius 2 is 1.54 bits per heavy atom. The fourth-order valence-electron chi connectivity index (χ4n) is 4.70. The number of hydrogen-bond acceptors (Lipinski definition) is 7. The second-order valence-electron chi connectivity index (χ2n) is 11.7. The molecule has 3 rings (SSSR count). The number of quaternary nitrogens is 1. The third-order valence-electron chi connectivity index (χ3n) is 7.75. The molecule has 1 saturated heterocycles. The predicted octanol–water partition coefficient (Wildman–Crippen LogP) is 1.29. The average molecular weight is 589 g/mol. The van der Waals surface area contributed by atoms with Gasteiger partial charge < -0.3 is 20.0 Å². The molecule has 0 spiro atoms. The molecule has 11 heteroatoms. The first-order valence-electron chi connectivity index (χ1n) is 13.9. The number of sulfonamides is 1. The van der Waals surface area contributed by atoms with Crippen molar-refractivity contribution in [1.82, 2.24) is 9.62 Å². The van der Waals surface area contributed by atoms with Gasteiger partial charge in [0.15, 0.2) is 11.6 Å². The molecule has 0 aliphatic carbocycles. The van der Waals surface area contributed by atoms with E-state index in [0.717, 1.165) is 16.6 Å². The van der Waals surface area contributed by atoms with Crippen LogP contribution >= 0.6 is 0 Å². The molecule has 0 saturated carbocycles. The SMILES string of the molecule is CC(C)(CO)[C@@H](O)C(=O)NCCC(=O)C(=O)CCc1ccc(S(=O)(=O)N2CC[N+](C)(Cc3ccccc3)CC2)cc1. The molecule has 0 radical (unpaired) electrons. The minimum absolute atomic E-state index is 0.0386. The topological polar surface area (TPSA) is 141 Å². The van der Waals surface area contributed by atoms with Gasteiger partial charge in [0.1, 0.15) is 12.6 Å². The Labute approximate surface area is 242 Å². The van der Waals surface area contributed by atoms with E-state index in [-0.39, 0.29) is 30.7 Å². The first-order valence-corrected chi connectivity index (χ1v) is 15.3. The molecule has 0 unspecified atom stereocenters. The summed E-state index contributed by atoms with van der Waals surface area (Å²) in [5, 5.41) is 21.6. The molecule has 10 nitrogen and oxygen atoms in total. The maximum Gasteiger partial charge on any atom is 0.249 e. The van der Waals surface area contributed by atoms with Gasteiger partial charge in [0.25, 0.3) is 0 Å². The number of ketones is 2. The van der Waals surface area contributed by atoms with E-state index in [9.17, 15) is 33.0 Å². The van der Waals surface area contributed by atoms with E-state index in [1.807, 2.05) is 18.2 Å². The molecule has 2 aromatic carbocycles. The lowest BCUT2D eigenvalue weighted by molar-refractivity contribution is -0.925. The summed E-state index contributed by atoms with van der Waals surface area (Å²) in [6.07, 6.45) is -1.41. The van der Waals surface area contributed by atoms with Crippen molar-refractivity contribution in [3.63, 3.8) is 0 Å². The lowest BCUT2D eigenvalue weighted by Crippen LogP contribution is -2.57. The molecule has 1 heterocycles.